The minimum atomic E-state index is -0.618. The molecule has 0 atom stereocenters. The number of carbonyl (C=O) groups is 1. The molecule has 0 saturated carbocycles. The number of rotatable bonds is 4. The Bertz CT molecular complexity index is 804. The van der Waals surface area contributed by atoms with Crippen LogP contribution in [0.3, 0.4) is 0 Å². The van der Waals surface area contributed by atoms with E-state index in [4.69, 9.17) is 15.2 Å². The predicted molar refractivity (Wildman–Crippen MR) is 97.8 cm³/mol. The Morgan fingerprint density at radius 2 is 2.15 bits per heavy atom. The molecule has 138 valence electrons. The van der Waals surface area contributed by atoms with Crippen molar-refractivity contribution in [1.29, 1.82) is 0 Å². The summed E-state index contributed by atoms with van der Waals surface area (Å²) in [5, 5.41) is 11.0. The number of allylic oxidation sites excluding steroid dienone is 1. The molecule has 26 heavy (non-hydrogen) atoms. The van der Waals surface area contributed by atoms with Crippen LogP contribution >= 0.6 is 0 Å². The third-order valence-electron chi connectivity index (χ3n) is 3.37. The van der Waals surface area contributed by atoms with Crippen LogP contribution in [0.4, 0.5) is 5.69 Å². The van der Waals surface area contributed by atoms with Crippen LogP contribution in [0.1, 0.15) is 32.8 Å². The zero-order valence-corrected chi connectivity index (χ0v) is 14.9. The molecule has 0 bridgehead atoms. The van der Waals surface area contributed by atoms with Crippen molar-refractivity contribution < 1.29 is 19.2 Å². The summed E-state index contributed by atoms with van der Waals surface area (Å²) >= 11 is 0. The number of nitro benzene ring substituents is 1. The van der Waals surface area contributed by atoms with Gasteiger partial charge in [-0.2, -0.15) is 0 Å². The minimum Gasteiger partial charge on any atom is -0.493 e. The fourth-order valence-electron chi connectivity index (χ4n) is 2.33. The monoisotopic (exact) mass is 359 g/mol. The van der Waals surface area contributed by atoms with E-state index >= 15 is 0 Å². The number of ether oxygens (including phenoxy) is 2. The molecular formula is C18H21N3O5. The Kier molecular flexibility index (Phi) is 5.76. The highest BCUT2D eigenvalue weighted by Crippen LogP contribution is 2.36. The van der Waals surface area contributed by atoms with Crippen LogP contribution in [0.25, 0.3) is 5.57 Å². The van der Waals surface area contributed by atoms with Gasteiger partial charge in [0.25, 0.3) is 5.69 Å². The molecule has 0 aliphatic carbocycles. The van der Waals surface area contributed by atoms with Gasteiger partial charge in [0.15, 0.2) is 0 Å². The highest BCUT2D eigenvalue weighted by atomic mass is 16.6. The van der Waals surface area contributed by atoms with Crippen molar-refractivity contribution in [3.05, 3.63) is 51.8 Å². The van der Waals surface area contributed by atoms with E-state index in [1.54, 1.807) is 32.9 Å². The molecule has 0 unspecified atom stereocenters. The molecule has 1 aliphatic heterocycles. The number of nitrogens with zero attached hydrogens (tertiary/aromatic N) is 2. The minimum absolute atomic E-state index is 0.0318. The van der Waals surface area contributed by atoms with Crippen molar-refractivity contribution in [2.75, 3.05) is 6.61 Å². The van der Waals surface area contributed by atoms with Gasteiger partial charge < -0.3 is 15.2 Å². The summed E-state index contributed by atoms with van der Waals surface area (Å²) in [6.07, 6.45) is 4.51. The van der Waals surface area contributed by atoms with Gasteiger partial charge in [-0.1, -0.05) is 0 Å². The molecule has 0 radical (unpaired) electrons. The van der Waals surface area contributed by atoms with Gasteiger partial charge in [-0.05, 0) is 38.5 Å². The van der Waals surface area contributed by atoms with Crippen LogP contribution in [0.2, 0.25) is 0 Å². The molecule has 0 amide bonds. The summed E-state index contributed by atoms with van der Waals surface area (Å²) in [6.45, 7) is 5.70. The second-order valence-electron chi connectivity index (χ2n) is 6.59. The number of non-ortho nitro benzene ring substituents is 1. The lowest BCUT2D eigenvalue weighted by atomic mass is 9.98. The molecule has 1 aliphatic rings. The van der Waals surface area contributed by atoms with E-state index in [2.05, 4.69) is 4.99 Å². The third-order valence-corrected chi connectivity index (χ3v) is 3.37. The molecule has 8 heteroatoms. The highest BCUT2D eigenvalue weighted by Gasteiger charge is 2.19. The van der Waals surface area contributed by atoms with Gasteiger partial charge in [0.1, 0.15) is 17.6 Å². The number of benzene rings is 1. The maximum Gasteiger partial charge on any atom is 0.349 e. The van der Waals surface area contributed by atoms with E-state index in [0.717, 1.165) is 11.8 Å². The first-order chi connectivity index (χ1) is 12.2. The smallest absolute Gasteiger partial charge is 0.349 e. The summed E-state index contributed by atoms with van der Waals surface area (Å²) in [6, 6.07) is 4.41. The SMILES string of the molecule is CC(C)(C)OC(=O)C=NC(=C\N)/C=C1\CCOc2ccc([N+](=O)[O-])cc21. The largest absolute Gasteiger partial charge is 0.493 e. The van der Waals surface area contributed by atoms with Gasteiger partial charge in [0, 0.05) is 30.3 Å². The first-order valence-corrected chi connectivity index (χ1v) is 8.01. The number of hydrogen-bond donors (Lipinski definition) is 1. The number of nitrogens with two attached hydrogens (primary N) is 1. The molecule has 0 spiro atoms. The van der Waals surface area contributed by atoms with Crippen molar-refractivity contribution in [3.63, 3.8) is 0 Å². The molecule has 0 saturated heterocycles. The van der Waals surface area contributed by atoms with Gasteiger partial charge in [0.2, 0.25) is 0 Å². The molecule has 1 aromatic rings. The van der Waals surface area contributed by atoms with Crippen molar-refractivity contribution in [2.45, 2.75) is 32.8 Å². The Morgan fingerprint density at radius 1 is 1.42 bits per heavy atom. The standard InChI is InChI=1S/C18H21N3O5/c1-18(2,3)26-17(22)11-20-13(10-19)8-12-6-7-25-16-5-4-14(21(23)24)9-15(12)16/h4-5,8-11H,6-7,19H2,1-3H3/b12-8+,13-10-,20-11?. The topological polar surface area (TPSA) is 117 Å². The molecule has 8 nitrogen and oxygen atoms in total. The summed E-state index contributed by atoms with van der Waals surface area (Å²) in [5.41, 5.74) is 6.67. The van der Waals surface area contributed by atoms with Crippen LogP contribution in [-0.4, -0.2) is 29.3 Å². The van der Waals surface area contributed by atoms with Crippen LogP contribution in [0.5, 0.6) is 5.75 Å². The highest BCUT2D eigenvalue weighted by molar-refractivity contribution is 6.23. The zero-order chi connectivity index (χ0) is 19.3. The fourth-order valence-corrected chi connectivity index (χ4v) is 2.33. The quantitative estimate of drug-likeness (QED) is 0.382. The first-order valence-electron chi connectivity index (χ1n) is 8.01. The number of hydrogen-bond acceptors (Lipinski definition) is 7. The predicted octanol–water partition coefficient (Wildman–Crippen LogP) is 2.97. The molecule has 2 N–H and O–H groups in total. The summed E-state index contributed by atoms with van der Waals surface area (Å²) in [7, 11) is 0. The average Bonchev–Trinajstić information content (AvgIpc) is 2.56. The Balaban J connectivity index is 2.27. The van der Waals surface area contributed by atoms with Gasteiger partial charge in [-0.15, -0.1) is 0 Å². The normalized spacial score (nSPS) is 16.3. The Morgan fingerprint density at radius 3 is 2.77 bits per heavy atom. The number of fused-ring (bicyclic) bond motifs is 1. The van der Waals surface area contributed by atoms with Crippen molar-refractivity contribution in [3.8, 4) is 5.75 Å². The lowest BCUT2D eigenvalue weighted by Crippen LogP contribution is -2.24. The van der Waals surface area contributed by atoms with Gasteiger partial charge >= 0.3 is 5.97 Å². The van der Waals surface area contributed by atoms with E-state index in [1.807, 2.05) is 0 Å². The Hall–Kier alpha value is -3.16. The molecule has 1 heterocycles. The van der Waals surface area contributed by atoms with E-state index < -0.39 is 16.5 Å². The van der Waals surface area contributed by atoms with Gasteiger partial charge in [0.05, 0.1) is 17.2 Å². The average molecular weight is 359 g/mol. The molecular weight excluding hydrogens is 338 g/mol. The fraction of sp³-hybridized carbons (Fsp3) is 0.333. The van der Waals surface area contributed by atoms with Gasteiger partial charge in [-0.25, -0.2) is 9.79 Å². The first kappa shape index (κ1) is 19.2. The second-order valence-corrected chi connectivity index (χ2v) is 6.59. The molecule has 0 aromatic heterocycles. The maximum absolute atomic E-state index is 11.7. The summed E-state index contributed by atoms with van der Waals surface area (Å²) in [4.78, 5) is 26.3. The number of nitro groups is 1. The maximum atomic E-state index is 11.7. The second kappa shape index (κ2) is 7.81. The molecule has 2 rings (SSSR count). The molecule has 1 aromatic carbocycles. The van der Waals surface area contributed by atoms with Crippen LogP contribution in [0, 0.1) is 10.1 Å². The lowest BCUT2D eigenvalue weighted by molar-refractivity contribution is -0.384. The van der Waals surface area contributed by atoms with E-state index in [0.29, 0.717) is 30.0 Å². The van der Waals surface area contributed by atoms with Crippen molar-refractivity contribution >= 4 is 23.4 Å². The van der Waals surface area contributed by atoms with Crippen LogP contribution in [-0.2, 0) is 9.53 Å². The van der Waals surface area contributed by atoms with E-state index in [9.17, 15) is 14.9 Å². The molecule has 0 fully saturated rings. The van der Waals surface area contributed by atoms with Crippen molar-refractivity contribution in [1.82, 2.24) is 0 Å². The lowest BCUT2D eigenvalue weighted by Gasteiger charge is -2.20. The van der Waals surface area contributed by atoms with Crippen LogP contribution in [0.15, 0.2) is 41.2 Å². The zero-order valence-electron chi connectivity index (χ0n) is 14.9. The Labute approximate surface area is 151 Å². The van der Waals surface area contributed by atoms with Crippen LogP contribution < -0.4 is 10.5 Å². The summed E-state index contributed by atoms with van der Waals surface area (Å²) in [5.74, 6) is -0.0288. The summed E-state index contributed by atoms with van der Waals surface area (Å²) < 4.78 is 10.7. The number of carbonyl (C=O) groups excluding carboxylic acids is 1. The van der Waals surface area contributed by atoms with E-state index in [-0.39, 0.29) is 5.69 Å². The third kappa shape index (κ3) is 5.17. The van der Waals surface area contributed by atoms with Gasteiger partial charge in [-0.3, -0.25) is 10.1 Å². The van der Waals surface area contributed by atoms with Crippen molar-refractivity contribution in [2.24, 2.45) is 10.7 Å². The number of esters is 1. The number of aliphatic imine (C=N–C) groups is 1. The van der Waals surface area contributed by atoms with E-state index in [1.165, 1.54) is 18.3 Å².